The van der Waals surface area contributed by atoms with Gasteiger partial charge in [-0.3, -0.25) is 0 Å². The highest BCUT2D eigenvalue weighted by molar-refractivity contribution is 7.81. The van der Waals surface area contributed by atoms with Gasteiger partial charge >= 0.3 is 0 Å². The summed E-state index contributed by atoms with van der Waals surface area (Å²) in [4.78, 5) is -1.26. The smallest absolute Gasteiger partial charge is 0.142 e. The van der Waals surface area contributed by atoms with Gasteiger partial charge in [0, 0.05) is 0 Å². The fraction of sp³-hybridized carbons (Fsp3) is 1.00. The van der Waals surface area contributed by atoms with Crippen molar-refractivity contribution in [1.82, 2.24) is 0 Å². The Morgan fingerprint density at radius 3 is 2.20 bits per heavy atom. The van der Waals surface area contributed by atoms with Crippen LogP contribution in [-0.4, -0.2) is 56.4 Å². The van der Waals surface area contributed by atoms with Crippen molar-refractivity contribution in [3.8, 4) is 0 Å². The summed E-state index contributed by atoms with van der Waals surface area (Å²) in [5.41, 5.74) is 0. The van der Waals surface area contributed by atoms with E-state index in [1.165, 1.54) is 0 Å². The normalized spacial score (nSPS) is 47.2. The van der Waals surface area contributed by atoms with Crippen LogP contribution in [-0.2, 0) is 4.74 Å². The third-order valence-corrected chi connectivity index (χ3v) is 3.71. The van der Waals surface area contributed by atoms with E-state index in [0.717, 1.165) is 0 Å². The Hall–Kier alpha value is 0.150. The maximum Gasteiger partial charge on any atom is 0.142 e. The summed E-state index contributed by atoms with van der Waals surface area (Å²) in [5.74, 6) is -0.174. The van der Waals surface area contributed by atoms with Crippen LogP contribution in [0.3, 0.4) is 0 Å². The maximum absolute atomic E-state index is 9.76. The second kappa shape index (κ2) is 4.57. The van der Waals surface area contributed by atoms with Crippen LogP contribution < -0.4 is 0 Å². The molecule has 1 rings (SSSR count). The summed E-state index contributed by atoms with van der Waals surface area (Å²) < 4.78 is 5.33. The molecule has 0 radical (unpaired) electrons. The molecule has 1 aliphatic rings. The van der Waals surface area contributed by atoms with E-state index in [1.807, 2.05) is 0 Å². The predicted molar refractivity (Wildman–Crippen MR) is 56.5 cm³/mol. The van der Waals surface area contributed by atoms with Crippen molar-refractivity contribution < 1.29 is 25.2 Å². The molecule has 1 fully saturated rings. The molecule has 5 nitrogen and oxygen atoms in total. The number of hydrogen-bond donors (Lipinski definition) is 5. The first-order chi connectivity index (χ1) is 6.84. The highest BCUT2D eigenvalue weighted by Gasteiger charge is 2.52. The number of ether oxygens (including phenoxy) is 1. The van der Waals surface area contributed by atoms with Crippen molar-refractivity contribution >= 4 is 12.6 Å². The molecule has 0 aliphatic carbocycles. The van der Waals surface area contributed by atoms with Gasteiger partial charge in [-0.05, 0) is 5.92 Å². The number of aliphatic hydroxyl groups is 4. The highest BCUT2D eigenvalue weighted by atomic mass is 32.1. The van der Waals surface area contributed by atoms with Gasteiger partial charge in [0.15, 0.2) is 0 Å². The van der Waals surface area contributed by atoms with Crippen LogP contribution in [0.4, 0.5) is 0 Å². The van der Waals surface area contributed by atoms with Gasteiger partial charge < -0.3 is 25.2 Å². The molecule has 1 aliphatic heterocycles. The van der Waals surface area contributed by atoms with E-state index in [9.17, 15) is 15.3 Å². The summed E-state index contributed by atoms with van der Waals surface area (Å²) in [5, 5.41) is 37.8. The van der Waals surface area contributed by atoms with E-state index < -0.39 is 36.0 Å². The minimum absolute atomic E-state index is 0.174. The van der Waals surface area contributed by atoms with E-state index in [0.29, 0.717) is 0 Å². The lowest BCUT2D eigenvalue weighted by Gasteiger charge is -2.48. The van der Waals surface area contributed by atoms with Gasteiger partial charge in [-0.1, -0.05) is 13.8 Å². The van der Waals surface area contributed by atoms with Gasteiger partial charge in [-0.25, -0.2) is 0 Å². The van der Waals surface area contributed by atoms with Crippen molar-refractivity contribution in [3.63, 3.8) is 0 Å². The van der Waals surface area contributed by atoms with E-state index in [2.05, 4.69) is 12.6 Å². The first kappa shape index (κ1) is 13.2. The Morgan fingerprint density at radius 2 is 1.80 bits per heavy atom. The van der Waals surface area contributed by atoms with E-state index in [1.54, 1.807) is 13.8 Å². The molecule has 0 aromatic heterocycles. The average Bonchev–Trinajstić information content (AvgIpc) is 2.20. The van der Waals surface area contributed by atoms with Gasteiger partial charge in [0.1, 0.15) is 29.3 Å². The van der Waals surface area contributed by atoms with Crippen LogP contribution in [0.15, 0.2) is 0 Å². The second-order valence-corrected chi connectivity index (χ2v) is 4.87. The van der Waals surface area contributed by atoms with Crippen LogP contribution in [0.25, 0.3) is 0 Å². The quantitative estimate of drug-likeness (QED) is 0.388. The minimum atomic E-state index is -1.37. The molecule has 0 aromatic carbocycles. The molecule has 1 saturated heterocycles. The molecule has 0 unspecified atom stereocenters. The molecule has 5 atom stereocenters. The van der Waals surface area contributed by atoms with Crippen LogP contribution in [0, 0.1) is 5.92 Å². The summed E-state index contributed by atoms with van der Waals surface area (Å²) in [6.45, 7) is 3.12. The number of thiol groups is 1. The minimum Gasteiger partial charge on any atom is -0.394 e. The lowest BCUT2D eigenvalue weighted by atomic mass is 9.89. The molecule has 90 valence electrons. The molecule has 0 aromatic rings. The van der Waals surface area contributed by atoms with Gasteiger partial charge in [0.25, 0.3) is 0 Å². The van der Waals surface area contributed by atoms with Crippen molar-refractivity contribution in [2.75, 3.05) is 6.61 Å². The first-order valence-corrected chi connectivity index (χ1v) is 5.34. The Kier molecular flexibility index (Phi) is 4.02. The second-order valence-electron chi connectivity index (χ2n) is 4.17. The zero-order valence-electron chi connectivity index (χ0n) is 8.74. The zero-order chi connectivity index (χ0) is 11.8. The fourth-order valence-electron chi connectivity index (χ4n) is 1.66. The van der Waals surface area contributed by atoms with E-state index in [-0.39, 0.29) is 5.92 Å². The highest BCUT2D eigenvalue weighted by Crippen LogP contribution is 2.38. The molecular formula is C9H18O5S. The SMILES string of the molecule is CC(C)[C@@]1(S)O[C@H](CO)[C@H](O)[C@H](O)[C@H]1O. The van der Waals surface area contributed by atoms with Crippen LogP contribution in [0.2, 0.25) is 0 Å². The van der Waals surface area contributed by atoms with Gasteiger partial charge in [-0.2, -0.15) is 0 Å². The summed E-state index contributed by atoms with van der Waals surface area (Å²) in [7, 11) is 0. The van der Waals surface area contributed by atoms with Crippen molar-refractivity contribution in [1.29, 1.82) is 0 Å². The third kappa shape index (κ3) is 2.15. The van der Waals surface area contributed by atoms with Gasteiger partial charge in [0.2, 0.25) is 0 Å². The van der Waals surface area contributed by atoms with E-state index in [4.69, 9.17) is 9.84 Å². The third-order valence-electron chi connectivity index (χ3n) is 2.83. The van der Waals surface area contributed by atoms with E-state index >= 15 is 0 Å². The van der Waals surface area contributed by atoms with Crippen LogP contribution in [0.1, 0.15) is 13.8 Å². The Balaban J connectivity index is 2.92. The molecule has 15 heavy (non-hydrogen) atoms. The number of hydrogen-bond acceptors (Lipinski definition) is 6. The predicted octanol–water partition coefficient (Wildman–Crippen LogP) is -1.26. The molecule has 0 saturated carbocycles. The maximum atomic E-state index is 9.76. The summed E-state index contributed by atoms with van der Waals surface area (Å²) >= 11 is 4.20. The largest absolute Gasteiger partial charge is 0.394 e. The Labute approximate surface area is 94.1 Å². The molecule has 0 bridgehead atoms. The number of aliphatic hydroxyl groups excluding tert-OH is 4. The van der Waals surface area contributed by atoms with Crippen LogP contribution >= 0.6 is 12.6 Å². The molecule has 0 amide bonds. The Bertz CT molecular complexity index is 223. The average molecular weight is 238 g/mol. The standard InChI is InChI=1S/C9H18O5S/c1-4(2)9(15)8(13)7(12)6(11)5(3-10)14-9/h4-8,10-13,15H,3H2,1-2H3/t5-,6+,7+,8-,9+/m1/s1. The Morgan fingerprint density at radius 1 is 1.27 bits per heavy atom. The lowest BCUT2D eigenvalue weighted by molar-refractivity contribution is -0.251. The monoisotopic (exact) mass is 238 g/mol. The fourth-order valence-corrected chi connectivity index (χ4v) is 1.94. The molecular weight excluding hydrogens is 220 g/mol. The van der Waals surface area contributed by atoms with Crippen molar-refractivity contribution in [2.45, 2.75) is 43.2 Å². The lowest BCUT2D eigenvalue weighted by Crippen LogP contribution is -2.64. The first-order valence-electron chi connectivity index (χ1n) is 4.89. The van der Waals surface area contributed by atoms with Crippen molar-refractivity contribution in [3.05, 3.63) is 0 Å². The molecule has 4 N–H and O–H groups in total. The van der Waals surface area contributed by atoms with Crippen molar-refractivity contribution in [2.24, 2.45) is 5.92 Å². The van der Waals surface area contributed by atoms with Gasteiger partial charge in [-0.15, -0.1) is 12.6 Å². The molecule has 0 spiro atoms. The number of rotatable bonds is 2. The molecule has 1 heterocycles. The zero-order valence-corrected chi connectivity index (χ0v) is 9.63. The summed E-state index contributed by atoms with van der Waals surface area (Å²) in [6.07, 6.45) is -4.89. The van der Waals surface area contributed by atoms with Gasteiger partial charge in [0.05, 0.1) is 6.61 Å². The van der Waals surface area contributed by atoms with Crippen LogP contribution in [0.5, 0.6) is 0 Å². The topological polar surface area (TPSA) is 90.2 Å². The molecule has 6 heteroatoms. The summed E-state index contributed by atoms with van der Waals surface area (Å²) in [6, 6.07) is 0.